The minimum atomic E-state index is -0.663. The number of hydrogen-bond acceptors (Lipinski definition) is 2. The molecule has 1 aromatic rings. The van der Waals surface area contributed by atoms with Crippen molar-refractivity contribution < 1.29 is 8.78 Å². The Morgan fingerprint density at radius 3 is 2.71 bits per heavy atom. The number of rotatable bonds is 3. The monoisotopic (exact) mass is 260 g/mol. The fourth-order valence-electron chi connectivity index (χ4n) is 0.911. The molecule has 0 aliphatic carbocycles. The van der Waals surface area contributed by atoms with Crippen molar-refractivity contribution in [2.24, 2.45) is 0 Å². The quantitative estimate of drug-likeness (QED) is 0.670. The van der Waals surface area contributed by atoms with E-state index in [-0.39, 0.29) is 16.6 Å². The van der Waals surface area contributed by atoms with Gasteiger partial charge in [0.15, 0.2) is 0 Å². The van der Waals surface area contributed by atoms with E-state index in [0.717, 1.165) is 6.07 Å². The molecule has 0 atom stereocenters. The molecule has 0 bridgehead atoms. The van der Waals surface area contributed by atoms with Crippen LogP contribution in [0.15, 0.2) is 16.6 Å². The Hall–Kier alpha value is -1.15. The van der Waals surface area contributed by atoms with Gasteiger partial charge in [-0.2, -0.15) is 5.26 Å². The summed E-state index contributed by atoms with van der Waals surface area (Å²) in [5.41, 5.74) is 0.188. The van der Waals surface area contributed by atoms with Gasteiger partial charge in [-0.3, -0.25) is 0 Å². The van der Waals surface area contributed by atoms with Crippen LogP contribution in [0.5, 0.6) is 0 Å². The van der Waals surface area contributed by atoms with E-state index in [2.05, 4.69) is 21.2 Å². The van der Waals surface area contributed by atoms with E-state index in [9.17, 15) is 8.78 Å². The van der Waals surface area contributed by atoms with Crippen LogP contribution in [-0.2, 0) is 0 Å². The van der Waals surface area contributed by atoms with Gasteiger partial charge < -0.3 is 5.32 Å². The van der Waals surface area contributed by atoms with Gasteiger partial charge in [0.2, 0.25) is 0 Å². The maximum absolute atomic E-state index is 13.1. The third kappa shape index (κ3) is 2.67. The fraction of sp³-hybridized carbons (Fsp3) is 0.222. The average molecular weight is 261 g/mol. The number of halogens is 3. The molecule has 0 fully saturated rings. The lowest BCUT2D eigenvalue weighted by molar-refractivity contribution is 0.581. The molecule has 5 heteroatoms. The largest absolute Gasteiger partial charge is 0.382 e. The van der Waals surface area contributed by atoms with Crippen LogP contribution < -0.4 is 5.32 Å². The van der Waals surface area contributed by atoms with Crippen LogP contribution >= 0.6 is 15.9 Å². The van der Waals surface area contributed by atoms with Crippen molar-refractivity contribution in [3.05, 3.63) is 28.2 Å². The Labute approximate surface area is 88.7 Å². The van der Waals surface area contributed by atoms with Gasteiger partial charge in [-0.25, -0.2) is 8.78 Å². The van der Waals surface area contributed by atoms with Crippen LogP contribution in [0.3, 0.4) is 0 Å². The maximum atomic E-state index is 13.1. The maximum Gasteiger partial charge on any atom is 0.149 e. The second kappa shape index (κ2) is 4.91. The summed E-state index contributed by atoms with van der Waals surface area (Å²) in [6.45, 7) is 0.339. The molecule has 0 aliphatic heterocycles. The van der Waals surface area contributed by atoms with E-state index in [1.54, 1.807) is 0 Å². The molecule has 14 heavy (non-hydrogen) atoms. The molecule has 1 rings (SSSR count). The molecule has 1 N–H and O–H groups in total. The molecule has 0 saturated heterocycles. The number of benzene rings is 1. The first-order valence-electron chi connectivity index (χ1n) is 3.90. The van der Waals surface area contributed by atoms with Gasteiger partial charge in [-0.15, -0.1) is 0 Å². The number of nitriles is 1. The minimum Gasteiger partial charge on any atom is -0.382 e. The lowest BCUT2D eigenvalue weighted by Crippen LogP contribution is -2.03. The summed E-state index contributed by atoms with van der Waals surface area (Å²) >= 11 is 2.94. The number of nitrogens with one attached hydrogen (secondary N) is 1. The van der Waals surface area contributed by atoms with E-state index in [1.807, 2.05) is 6.07 Å². The first-order valence-corrected chi connectivity index (χ1v) is 4.70. The molecule has 74 valence electrons. The lowest BCUT2D eigenvalue weighted by atomic mass is 10.3. The van der Waals surface area contributed by atoms with Crippen LogP contribution in [0.2, 0.25) is 0 Å². The van der Waals surface area contributed by atoms with Crippen LogP contribution in [0, 0.1) is 23.0 Å². The van der Waals surface area contributed by atoms with Gasteiger partial charge in [0.25, 0.3) is 0 Å². The van der Waals surface area contributed by atoms with E-state index in [0.29, 0.717) is 6.54 Å². The van der Waals surface area contributed by atoms with Gasteiger partial charge in [0.1, 0.15) is 11.6 Å². The molecular weight excluding hydrogens is 254 g/mol. The molecule has 0 amide bonds. The van der Waals surface area contributed by atoms with Crippen molar-refractivity contribution in [3.63, 3.8) is 0 Å². The standard InChI is InChI=1S/C9H7BrF2N2/c10-6-4-9(14-3-1-2-13)8(12)5-7(6)11/h4-5,14H,1,3H2. The summed E-state index contributed by atoms with van der Waals surface area (Å²) < 4.78 is 26.0. The molecule has 2 nitrogen and oxygen atoms in total. The highest BCUT2D eigenvalue weighted by molar-refractivity contribution is 9.10. The number of nitrogens with zero attached hydrogens (tertiary/aromatic N) is 1. The predicted molar refractivity (Wildman–Crippen MR) is 52.8 cm³/mol. The highest BCUT2D eigenvalue weighted by Gasteiger charge is 2.07. The lowest BCUT2D eigenvalue weighted by Gasteiger charge is -2.06. The molecule has 0 aliphatic rings. The molecule has 0 unspecified atom stereocenters. The Bertz CT molecular complexity index is 374. The van der Waals surface area contributed by atoms with Crippen molar-refractivity contribution in [2.45, 2.75) is 6.42 Å². The van der Waals surface area contributed by atoms with Crippen molar-refractivity contribution in [1.82, 2.24) is 0 Å². The van der Waals surface area contributed by atoms with Crippen molar-refractivity contribution in [1.29, 1.82) is 5.26 Å². The predicted octanol–water partition coefficient (Wildman–Crippen LogP) is 3.05. The number of hydrogen-bond donors (Lipinski definition) is 1. The first-order chi connectivity index (χ1) is 6.65. The topological polar surface area (TPSA) is 35.8 Å². The van der Waals surface area contributed by atoms with E-state index in [1.165, 1.54) is 6.07 Å². The van der Waals surface area contributed by atoms with E-state index in [4.69, 9.17) is 5.26 Å². The second-order valence-electron chi connectivity index (χ2n) is 2.58. The Kier molecular flexibility index (Phi) is 3.84. The molecule has 0 saturated carbocycles. The van der Waals surface area contributed by atoms with Crippen LogP contribution in [0.1, 0.15) is 6.42 Å². The van der Waals surface area contributed by atoms with Gasteiger partial charge in [0.05, 0.1) is 22.7 Å². The summed E-state index contributed by atoms with van der Waals surface area (Å²) in [6, 6.07) is 4.01. The van der Waals surface area contributed by atoms with Crippen LogP contribution in [0.25, 0.3) is 0 Å². The van der Waals surface area contributed by atoms with Gasteiger partial charge in [0, 0.05) is 12.6 Å². The Balaban J connectivity index is 2.78. The molecular formula is C9H7BrF2N2. The molecule has 0 spiro atoms. The summed E-state index contributed by atoms with van der Waals surface area (Å²) in [6.07, 6.45) is 0.272. The Morgan fingerprint density at radius 1 is 1.36 bits per heavy atom. The zero-order valence-corrected chi connectivity index (χ0v) is 8.74. The third-order valence-electron chi connectivity index (χ3n) is 1.56. The Morgan fingerprint density at radius 2 is 2.07 bits per heavy atom. The fourth-order valence-corrected chi connectivity index (χ4v) is 1.25. The van der Waals surface area contributed by atoms with E-state index < -0.39 is 11.6 Å². The summed E-state index contributed by atoms with van der Waals surface area (Å²) in [4.78, 5) is 0. The molecule has 0 heterocycles. The van der Waals surface area contributed by atoms with Crippen LogP contribution in [-0.4, -0.2) is 6.54 Å². The van der Waals surface area contributed by atoms with E-state index >= 15 is 0 Å². The zero-order chi connectivity index (χ0) is 10.6. The summed E-state index contributed by atoms with van der Waals surface area (Å²) in [5.74, 6) is -1.31. The summed E-state index contributed by atoms with van der Waals surface area (Å²) in [5, 5.41) is 10.9. The third-order valence-corrected chi connectivity index (χ3v) is 2.17. The molecule has 1 aromatic carbocycles. The highest BCUT2D eigenvalue weighted by Crippen LogP contribution is 2.23. The molecule has 0 aromatic heterocycles. The van der Waals surface area contributed by atoms with Crippen molar-refractivity contribution in [3.8, 4) is 6.07 Å². The average Bonchev–Trinajstić information content (AvgIpc) is 2.14. The van der Waals surface area contributed by atoms with Gasteiger partial charge in [-0.05, 0) is 22.0 Å². The normalized spacial score (nSPS) is 9.57. The second-order valence-corrected chi connectivity index (χ2v) is 3.44. The highest BCUT2D eigenvalue weighted by atomic mass is 79.9. The van der Waals surface area contributed by atoms with Gasteiger partial charge >= 0.3 is 0 Å². The molecule has 0 radical (unpaired) electrons. The van der Waals surface area contributed by atoms with Crippen LogP contribution in [0.4, 0.5) is 14.5 Å². The minimum absolute atomic E-state index is 0.188. The first kappa shape index (κ1) is 10.9. The van der Waals surface area contributed by atoms with Gasteiger partial charge in [-0.1, -0.05) is 0 Å². The van der Waals surface area contributed by atoms with Crippen molar-refractivity contribution >= 4 is 21.6 Å². The SMILES string of the molecule is N#CCCNc1cc(Br)c(F)cc1F. The number of anilines is 1. The zero-order valence-electron chi connectivity index (χ0n) is 7.15. The smallest absolute Gasteiger partial charge is 0.149 e. The summed E-state index contributed by atoms with van der Waals surface area (Å²) in [7, 11) is 0. The van der Waals surface area contributed by atoms with Crippen molar-refractivity contribution in [2.75, 3.05) is 11.9 Å².